The number of halogens is 1. The Kier molecular flexibility index (Phi) is 4.71. The maximum Gasteiger partial charge on any atom is 0.0420 e. The molecular weight excluding hydrogens is 324 g/mol. The molecule has 0 radical (unpaired) electrons. The molecule has 0 aliphatic heterocycles. The Morgan fingerprint density at radius 1 is 1.19 bits per heavy atom. The van der Waals surface area contributed by atoms with Crippen LogP contribution in [0.25, 0.3) is 0 Å². The van der Waals surface area contributed by atoms with Crippen molar-refractivity contribution in [2.45, 2.75) is 32.2 Å². The zero-order valence-electron chi connectivity index (χ0n) is 12.3. The number of nitrogens with one attached hydrogen (secondary N) is 1. The van der Waals surface area contributed by atoms with E-state index in [1.807, 2.05) is 6.20 Å². The van der Waals surface area contributed by atoms with E-state index in [9.17, 15) is 0 Å². The van der Waals surface area contributed by atoms with E-state index in [1.54, 1.807) is 0 Å². The summed E-state index contributed by atoms with van der Waals surface area (Å²) < 4.78 is 1.04. The fourth-order valence-electron chi connectivity index (χ4n) is 3.30. The quantitative estimate of drug-likeness (QED) is 0.892. The van der Waals surface area contributed by atoms with Gasteiger partial charge in [-0.3, -0.25) is 4.98 Å². The lowest BCUT2D eigenvalue weighted by atomic mass is 9.92. The van der Waals surface area contributed by atoms with Crippen molar-refractivity contribution in [2.24, 2.45) is 5.92 Å². The summed E-state index contributed by atoms with van der Waals surface area (Å²) >= 11 is 3.45. The van der Waals surface area contributed by atoms with Gasteiger partial charge in [-0.1, -0.05) is 31.2 Å². The molecule has 0 spiro atoms. The minimum atomic E-state index is 0.496. The van der Waals surface area contributed by atoms with Crippen LogP contribution in [0.2, 0.25) is 0 Å². The van der Waals surface area contributed by atoms with Crippen molar-refractivity contribution in [3.63, 3.8) is 0 Å². The van der Waals surface area contributed by atoms with E-state index in [0.29, 0.717) is 12.0 Å². The second kappa shape index (κ2) is 6.71. The maximum atomic E-state index is 4.53. The largest absolute Gasteiger partial charge is 0.314 e. The lowest BCUT2D eigenvalue weighted by molar-refractivity contribution is 0.365. The molecule has 1 aliphatic carbocycles. The van der Waals surface area contributed by atoms with Crippen LogP contribution in [-0.2, 0) is 19.3 Å². The van der Waals surface area contributed by atoms with Gasteiger partial charge in [-0.05, 0) is 64.5 Å². The first-order valence-corrected chi connectivity index (χ1v) is 8.46. The van der Waals surface area contributed by atoms with Crippen LogP contribution >= 0.6 is 15.9 Å². The van der Waals surface area contributed by atoms with Crippen LogP contribution in [-0.4, -0.2) is 17.6 Å². The summed E-state index contributed by atoms with van der Waals surface area (Å²) in [6, 6.07) is 13.5. The number of rotatable bonds is 5. The number of fused-ring (bicyclic) bond motifs is 1. The molecule has 1 unspecified atom stereocenters. The average Bonchev–Trinajstić information content (AvgIpc) is 2.93. The van der Waals surface area contributed by atoms with E-state index in [2.05, 4.69) is 69.6 Å². The first-order valence-electron chi connectivity index (χ1n) is 7.67. The molecule has 0 saturated heterocycles. The minimum Gasteiger partial charge on any atom is -0.314 e. The van der Waals surface area contributed by atoms with Crippen molar-refractivity contribution in [3.8, 4) is 0 Å². The smallest absolute Gasteiger partial charge is 0.0420 e. The number of hydrogen-bond acceptors (Lipinski definition) is 2. The molecule has 2 nitrogen and oxygen atoms in total. The lowest BCUT2D eigenvalue weighted by Gasteiger charge is -2.24. The first kappa shape index (κ1) is 14.7. The second-order valence-electron chi connectivity index (χ2n) is 5.77. The van der Waals surface area contributed by atoms with Crippen molar-refractivity contribution in [3.05, 3.63) is 63.9 Å². The summed E-state index contributed by atoms with van der Waals surface area (Å²) in [6.45, 7) is 3.19. The average molecular weight is 345 g/mol. The highest BCUT2D eigenvalue weighted by Gasteiger charge is 2.28. The van der Waals surface area contributed by atoms with Gasteiger partial charge in [-0.15, -0.1) is 0 Å². The maximum absolute atomic E-state index is 4.53. The molecule has 1 aromatic carbocycles. The summed E-state index contributed by atoms with van der Waals surface area (Å²) in [7, 11) is 0. The van der Waals surface area contributed by atoms with Crippen LogP contribution < -0.4 is 5.32 Å². The van der Waals surface area contributed by atoms with Gasteiger partial charge in [0, 0.05) is 28.8 Å². The molecule has 1 heterocycles. The predicted molar refractivity (Wildman–Crippen MR) is 90.4 cm³/mol. The van der Waals surface area contributed by atoms with Gasteiger partial charge < -0.3 is 5.32 Å². The molecule has 0 bridgehead atoms. The summed E-state index contributed by atoms with van der Waals surface area (Å²) in [5, 5.41) is 3.67. The van der Waals surface area contributed by atoms with Crippen molar-refractivity contribution < 1.29 is 0 Å². The van der Waals surface area contributed by atoms with E-state index < -0.39 is 0 Å². The summed E-state index contributed by atoms with van der Waals surface area (Å²) in [5.41, 5.74) is 4.21. The SMILES string of the molecule is CCNC(Cc1ccc(Br)cn1)C1Cc2ccccc2C1. The molecule has 3 rings (SSSR count). The van der Waals surface area contributed by atoms with Gasteiger partial charge in [0.1, 0.15) is 0 Å². The summed E-state index contributed by atoms with van der Waals surface area (Å²) in [5.74, 6) is 0.674. The van der Waals surface area contributed by atoms with Crippen LogP contribution in [0.4, 0.5) is 0 Å². The van der Waals surface area contributed by atoms with Crippen molar-refractivity contribution >= 4 is 15.9 Å². The molecule has 1 aliphatic rings. The Hall–Kier alpha value is -1.19. The van der Waals surface area contributed by atoms with Gasteiger partial charge in [-0.25, -0.2) is 0 Å². The standard InChI is InChI=1S/C18H21BrN2/c1-2-20-18(11-17-8-7-16(19)12-21-17)15-9-13-5-3-4-6-14(13)10-15/h3-8,12,15,18,20H,2,9-11H2,1H3. The first-order chi connectivity index (χ1) is 10.3. The van der Waals surface area contributed by atoms with Gasteiger partial charge in [0.15, 0.2) is 0 Å². The Morgan fingerprint density at radius 2 is 1.90 bits per heavy atom. The van der Waals surface area contributed by atoms with Gasteiger partial charge in [0.2, 0.25) is 0 Å². The molecule has 110 valence electrons. The number of hydrogen-bond donors (Lipinski definition) is 1. The van der Waals surface area contributed by atoms with Crippen molar-refractivity contribution in [1.29, 1.82) is 0 Å². The summed E-state index contributed by atoms with van der Waals surface area (Å²) in [6.07, 6.45) is 5.26. The molecule has 0 fully saturated rings. The number of nitrogens with zero attached hydrogens (tertiary/aromatic N) is 1. The second-order valence-corrected chi connectivity index (χ2v) is 6.69. The molecule has 2 aromatic rings. The van der Waals surface area contributed by atoms with Crippen molar-refractivity contribution in [1.82, 2.24) is 10.3 Å². The third-order valence-electron chi connectivity index (χ3n) is 4.34. The molecule has 1 aromatic heterocycles. The topological polar surface area (TPSA) is 24.9 Å². The number of aromatic nitrogens is 1. The Labute approximate surface area is 135 Å². The zero-order valence-corrected chi connectivity index (χ0v) is 13.9. The molecule has 1 N–H and O–H groups in total. The minimum absolute atomic E-state index is 0.496. The molecule has 0 amide bonds. The highest BCUT2D eigenvalue weighted by atomic mass is 79.9. The fraction of sp³-hybridized carbons (Fsp3) is 0.389. The van der Waals surface area contributed by atoms with Gasteiger partial charge in [0.05, 0.1) is 0 Å². The normalized spacial score (nSPS) is 15.9. The van der Waals surface area contributed by atoms with Crippen molar-refractivity contribution in [2.75, 3.05) is 6.54 Å². The van der Waals surface area contributed by atoms with Crippen LogP contribution in [0.5, 0.6) is 0 Å². The van der Waals surface area contributed by atoms with Gasteiger partial charge in [0.25, 0.3) is 0 Å². The molecule has 21 heavy (non-hydrogen) atoms. The Morgan fingerprint density at radius 3 is 2.48 bits per heavy atom. The predicted octanol–water partition coefficient (Wildman–Crippen LogP) is 3.78. The van der Waals surface area contributed by atoms with E-state index in [0.717, 1.165) is 17.4 Å². The van der Waals surface area contributed by atoms with Crippen LogP contribution in [0.1, 0.15) is 23.7 Å². The van der Waals surface area contributed by atoms with Crippen LogP contribution in [0, 0.1) is 5.92 Å². The molecular formula is C18H21BrN2. The highest BCUT2D eigenvalue weighted by molar-refractivity contribution is 9.10. The van der Waals surface area contributed by atoms with Gasteiger partial charge in [-0.2, -0.15) is 0 Å². The van der Waals surface area contributed by atoms with E-state index >= 15 is 0 Å². The van der Waals surface area contributed by atoms with E-state index in [1.165, 1.54) is 29.7 Å². The number of benzene rings is 1. The van der Waals surface area contributed by atoms with Crippen LogP contribution in [0.3, 0.4) is 0 Å². The third-order valence-corrected chi connectivity index (χ3v) is 4.80. The summed E-state index contributed by atoms with van der Waals surface area (Å²) in [4.78, 5) is 4.53. The Balaban J connectivity index is 1.72. The fourth-order valence-corrected chi connectivity index (χ4v) is 3.53. The Bertz CT molecular complexity index is 569. The monoisotopic (exact) mass is 344 g/mol. The third kappa shape index (κ3) is 3.53. The number of pyridine rings is 1. The molecule has 0 saturated carbocycles. The lowest BCUT2D eigenvalue weighted by Crippen LogP contribution is -2.38. The molecule has 1 atom stereocenters. The molecule has 3 heteroatoms. The van der Waals surface area contributed by atoms with E-state index in [-0.39, 0.29) is 0 Å². The van der Waals surface area contributed by atoms with E-state index in [4.69, 9.17) is 0 Å². The van der Waals surface area contributed by atoms with Crippen LogP contribution in [0.15, 0.2) is 47.1 Å². The highest BCUT2D eigenvalue weighted by Crippen LogP contribution is 2.29. The number of likely N-dealkylation sites (N-methyl/N-ethyl adjacent to an activating group) is 1. The van der Waals surface area contributed by atoms with Gasteiger partial charge >= 0.3 is 0 Å². The zero-order chi connectivity index (χ0) is 14.7.